The second-order valence-corrected chi connectivity index (χ2v) is 4.70. The highest BCUT2D eigenvalue weighted by atomic mass is 16.5. The maximum absolute atomic E-state index is 5.43. The first-order valence-electron chi connectivity index (χ1n) is 5.77. The highest BCUT2D eigenvalue weighted by molar-refractivity contribution is 5.63. The van der Waals surface area contributed by atoms with E-state index in [-0.39, 0.29) is 0 Å². The van der Waals surface area contributed by atoms with Crippen LogP contribution in [0.25, 0.3) is 0 Å². The Morgan fingerprint density at radius 3 is 2.12 bits per heavy atom. The Hall–Kier alpha value is -1.18. The molecule has 0 bridgehead atoms. The summed E-state index contributed by atoms with van der Waals surface area (Å²) in [6, 6.07) is 2.71. The molecule has 0 aliphatic rings. The van der Waals surface area contributed by atoms with Crippen LogP contribution in [0, 0.1) is 20.8 Å². The molecule has 0 radical (unpaired) electrons. The SMILES string of the molecule is COc1c(C)cc(N(C)C(C)C)c(C)c1C. The lowest BCUT2D eigenvalue weighted by atomic mass is 10.0. The molecule has 16 heavy (non-hydrogen) atoms. The first-order chi connectivity index (χ1) is 7.40. The molecule has 0 amide bonds. The monoisotopic (exact) mass is 221 g/mol. The van der Waals surface area contributed by atoms with Crippen LogP contribution >= 0.6 is 0 Å². The van der Waals surface area contributed by atoms with Crippen molar-refractivity contribution in [3.05, 3.63) is 22.8 Å². The normalized spacial score (nSPS) is 10.8. The zero-order chi connectivity index (χ0) is 12.5. The number of hydrogen-bond donors (Lipinski definition) is 0. The molecule has 0 unspecified atom stereocenters. The lowest BCUT2D eigenvalue weighted by Gasteiger charge is -2.28. The Morgan fingerprint density at radius 1 is 1.12 bits per heavy atom. The van der Waals surface area contributed by atoms with Crippen LogP contribution in [0.5, 0.6) is 5.75 Å². The van der Waals surface area contributed by atoms with Gasteiger partial charge in [-0.15, -0.1) is 0 Å². The average Bonchev–Trinajstić information content (AvgIpc) is 2.23. The van der Waals surface area contributed by atoms with Crippen molar-refractivity contribution in [2.75, 3.05) is 19.1 Å². The fourth-order valence-corrected chi connectivity index (χ4v) is 2.00. The molecule has 1 rings (SSSR count). The summed E-state index contributed by atoms with van der Waals surface area (Å²) in [7, 11) is 3.87. The molecule has 2 nitrogen and oxygen atoms in total. The molecule has 0 N–H and O–H groups in total. The zero-order valence-corrected chi connectivity index (χ0v) is 11.5. The maximum Gasteiger partial charge on any atom is 0.125 e. The molecule has 0 saturated heterocycles. The van der Waals surface area contributed by atoms with Gasteiger partial charge >= 0.3 is 0 Å². The Kier molecular flexibility index (Phi) is 3.84. The molecule has 90 valence electrons. The summed E-state index contributed by atoms with van der Waals surface area (Å²) in [5, 5.41) is 0. The van der Waals surface area contributed by atoms with Crippen LogP contribution in [0.3, 0.4) is 0 Å². The smallest absolute Gasteiger partial charge is 0.125 e. The van der Waals surface area contributed by atoms with Crippen molar-refractivity contribution in [3.8, 4) is 5.75 Å². The van der Waals surface area contributed by atoms with Crippen molar-refractivity contribution in [3.63, 3.8) is 0 Å². The highest BCUT2D eigenvalue weighted by Crippen LogP contribution is 2.33. The van der Waals surface area contributed by atoms with E-state index in [9.17, 15) is 0 Å². The standard InChI is InChI=1S/C14H23NO/c1-9(2)15(6)13-8-10(3)14(16-7)12(5)11(13)4/h8-9H,1-7H3. The summed E-state index contributed by atoms with van der Waals surface area (Å²) in [5.41, 5.74) is 5.04. The van der Waals surface area contributed by atoms with Crippen LogP contribution in [-0.2, 0) is 0 Å². The number of benzene rings is 1. The van der Waals surface area contributed by atoms with Gasteiger partial charge in [0.05, 0.1) is 7.11 Å². The molecule has 0 spiro atoms. The van der Waals surface area contributed by atoms with Gasteiger partial charge in [0.2, 0.25) is 0 Å². The summed E-state index contributed by atoms with van der Waals surface area (Å²) in [4.78, 5) is 2.30. The zero-order valence-electron chi connectivity index (χ0n) is 11.5. The van der Waals surface area contributed by atoms with Crippen LogP contribution in [0.15, 0.2) is 6.07 Å². The summed E-state index contributed by atoms with van der Waals surface area (Å²) in [6.07, 6.45) is 0. The third-order valence-corrected chi connectivity index (χ3v) is 3.36. The van der Waals surface area contributed by atoms with Crippen molar-refractivity contribution in [1.82, 2.24) is 0 Å². The maximum atomic E-state index is 5.43. The van der Waals surface area contributed by atoms with Crippen molar-refractivity contribution < 1.29 is 4.74 Å². The number of methoxy groups -OCH3 is 1. The number of anilines is 1. The number of ether oxygens (including phenoxy) is 1. The molecule has 0 fully saturated rings. The van der Waals surface area contributed by atoms with Gasteiger partial charge in [0.15, 0.2) is 0 Å². The molecule has 0 heterocycles. The molecular formula is C14H23NO. The Balaban J connectivity index is 3.34. The van der Waals surface area contributed by atoms with Crippen molar-refractivity contribution >= 4 is 5.69 Å². The van der Waals surface area contributed by atoms with Crippen LogP contribution in [-0.4, -0.2) is 20.2 Å². The molecule has 0 aromatic heterocycles. The first kappa shape index (κ1) is 12.9. The van der Waals surface area contributed by atoms with Gasteiger partial charge in [-0.1, -0.05) is 0 Å². The third-order valence-electron chi connectivity index (χ3n) is 3.36. The van der Waals surface area contributed by atoms with E-state index in [0.29, 0.717) is 6.04 Å². The van der Waals surface area contributed by atoms with Crippen LogP contribution in [0.2, 0.25) is 0 Å². The number of rotatable bonds is 3. The van der Waals surface area contributed by atoms with Gasteiger partial charge < -0.3 is 9.64 Å². The summed E-state index contributed by atoms with van der Waals surface area (Å²) < 4.78 is 5.43. The second-order valence-electron chi connectivity index (χ2n) is 4.70. The van der Waals surface area contributed by atoms with Crippen molar-refractivity contribution in [1.29, 1.82) is 0 Å². The van der Waals surface area contributed by atoms with Crippen LogP contribution in [0.4, 0.5) is 5.69 Å². The van der Waals surface area contributed by atoms with E-state index in [1.54, 1.807) is 7.11 Å². The summed E-state index contributed by atoms with van der Waals surface area (Å²) >= 11 is 0. The van der Waals surface area contributed by atoms with E-state index in [0.717, 1.165) is 5.75 Å². The van der Waals surface area contributed by atoms with Gasteiger partial charge in [-0.25, -0.2) is 0 Å². The fourth-order valence-electron chi connectivity index (χ4n) is 2.00. The van der Waals surface area contributed by atoms with Gasteiger partial charge in [0.1, 0.15) is 5.75 Å². The van der Waals surface area contributed by atoms with Gasteiger partial charge in [-0.2, -0.15) is 0 Å². The summed E-state index contributed by atoms with van der Waals surface area (Å²) in [6.45, 7) is 10.8. The molecular weight excluding hydrogens is 198 g/mol. The van der Waals surface area contributed by atoms with E-state index in [1.807, 2.05) is 0 Å². The van der Waals surface area contributed by atoms with Crippen molar-refractivity contribution in [2.24, 2.45) is 0 Å². The molecule has 1 aromatic rings. The fraction of sp³-hybridized carbons (Fsp3) is 0.571. The molecule has 0 saturated carbocycles. The van der Waals surface area contributed by atoms with Crippen LogP contribution in [0.1, 0.15) is 30.5 Å². The minimum absolute atomic E-state index is 0.505. The molecule has 0 aliphatic heterocycles. The Bertz CT molecular complexity index is 383. The highest BCUT2D eigenvalue weighted by Gasteiger charge is 2.14. The van der Waals surface area contributed by atoms with E-state index in [1.165, 1.54) is 22.4 Å². The minimum Gasteiger partial charge on any atom is -0.496 e. The number of nitrogens with zero attached hydrogens (tertiary/aromatic N) is 1. The number of hydrogen-bond acceptors (Lipinski definition) is 2. The predicted octanol–water partition coefficient (Wildman–Crippen LogP) is 3.47. The van der Waals surface area contributed by atoms with Crippen LogP contribution < -0.4 is 9.64 Å². The van der Waals surface area contributed by atoms with E-state index < -0.39 is 0 Å². The molecule has 2 heteroatoms. The average molecular weight is 221 g/mol. The van der Waals surface area contributed by atoms with Gasteiger partial charge in [-0.05, 0) is 57.4 Å². The lowest BCUT2D eigenvalue weighted by molar-refractivity contribution is 0.408. The lowest BCUT2D eigenvalue weighted by Crippen LogP contribution is -2.26. The largest absolute Gasteiger partial charge is 0.496 e. The van der Waals surface area contributed by atoms with Gasteiger partial charge in [0.25, 0.3) is 0 Å². The van der Waals surface area contributed by atoms with E-state index in [4.69, 9.17) is 4.74 Å². The summed E-state index contributed by atoms with van der Waals surface area (Å²) in [5.74, 6) is 1.01. The van der Waals surface area contributed by atoms with Gasteiger partial charge in [0, 0.05) is 18.8 Å². The third kappa shape index (κ3) is 2.16. The quantitative estimate of drug-likeness (QED) is 0.775. The molecule has 0 atom stereocenters. The Labute approximate surface area is 99.2 Å². The minimum atomic E-state index is 0.505. The predicted molar refractivity (Wildman–Crippen MR) is 70.7 cm³/mol. The second kappa shape index (κ2) is 4.77. The Morgan fingerprint density at radius 2 is 1.69 bits per heavy atom. The number of aryl methyl sites for hydroxylation is 1. The molecule has 0 aliphatic carbocycles. The van der Waals surface area contributed by atoms with Gasteiger partial charge in [-0.3, -0.25) is 0 Å². The first-order valence-corrected chi connectivity index (χ1v) is 5.77. The van der Waals surface area contributed by atoms with E-state index in [2.05, 4.69) is 52.6 Å². The van der Waals surface area contributed by atoms with E-state index >= 15 is 0 Å². The molecule has 1 aromatic carbocycles. The van der Waals surface area contributed by atoms with Crippen molar-refractivity contribution in [2.45, 2.75) is 40.7 Å². The topological polar surface area (TPSA) is 12.5 Å².